The molecule has 0 amide bonds. The average Bonchev–Trinajstić information content (AvgIpc) is 2.37. The third-order valence-electron chi connectivity index (χ3n) is 2.57. The molecule has 0 saturated carbocycles. The molecule has 1 atom stereocenters. The molecule has 0 radical (unpaired) electrons. The number of sulfonamides is 1. The van der Waals surface area contributed by atoms with Crippen LogP contribution >= 0.6 is 0 Å². The van der Waals surface area contributed by atoms with Crippen molar-refractivity contribution in [3.8, 4) is 6.07 Å². The summed E-state index contributed by atoms with van der Waals surface area (Å²) >= 11 is 0. The first-order valence-corrected chi connectivity index (χ1v) is 7.30. The zero-order valence-electron chi connectivity index (χ0n) is 10.6. The molecule has 98 valence electrons. The molecule has 0 spiro atoms. The Bertz CT molecular complexity index is 508. The highest BCUT2D eigenvalue weighted by atomic mass is 32.2. The SMILES string of the molecule is CC(C#N)CN(C)S(=O)(=O)CCc1ccccn1. The fourth-order valence-corrected chi connectivity index (χ4v) is 2.70. The van der Waals surface area contributed by atoms with E-state index in [9.17, 15) is 8.42 Å². The van der Waals surface area contributed by atoms with Gasteiger partial charge in [-0.2, -0.15) is 5.26 Å². The van der Waals surface area contributed by atoms with Gasteiger partial charge >= 0.3 is 0 Å². The molecule has 1 aromatic rings. The van der Waals surface area contributed by atoms with Crippen LogP contribution in [0, 0.1) is 17.2 Å². The lowest BCUT2D eigenvalue weighted by atomic mass is 10.2. The molecule has 1 unspecified atom stereocenters. The van der Waals surface area contributed by atoms with Gasteiger partial charge < -0.3 is 0 Å². The van der Waals surface area contributed by atoms with E-state index in [1.807, 2.05) is 12.1 Å². The molecule has 1 aromatic heterocycles. The Morgan fingerprint density at radius 2 is 2.22 bits per heavy atom. The van der Waals surface area contributed by atoms with Crippen molar-refractivity contribution in [1.29, 1.82) is 5.26 Å². The van der Waals surface area contributed by atoms with E-state index in [2.05, 4.69) is 4.98 Å². The van der Waals surface area contributed by atoms with Gasteiger partial charge in [0.2, 0.25) is 10.0 Å². The fraction of sp³-hybridized carbons (Fsp3) is 0.500. The maximum absolute atomic E-state index is 11.9. The molecule has 0 aliphatic carbocycles. The summed E-state index contributed by atoms with van der Waals surface area (Å²) in [4.78, 5) is 4.08. The smallest absolute Gasteiger partial charge is 0.214 e. The number of aromatic nitrogens is 1. The van der Waals surface area contributed by atoms with E-state index >= 15 is 0 Å². The quantitative estimate of drug-likeness (QED) is 0.772. The van der Waals surface area contributed by atoms with Gasteiger partial charge in [-0.3, -0.25) is 4.98 Å². The van der Waals surface area contributed by atoms with Gasteiger partial charge in [-0.25, -0.2) is 12.7 Å². The van der Waals surface area contributed by atoms with Crippen LogP contribution in [0.2, 0.25) is 0 Å². The third-order valence-corrected chi connectivity index (χ3v) is 4.39. The Kier molecular flexibility index (Phi) is 5.25. The van der Waals surface area contributed by atoms with Crippen LogP contribution in [0.5, 0.6) is 0 Å². The standard InChI is InChI=1S/C12H17N3O2S/c1-11(9-13)10-15(2)18(16,17)8-6-12-5-3-4-7-14-12/h3-5,7,11H,6,8,10H2,1-2H3. The van der Waals surface area contributed by atoms with Gasteiger partial charge in [0.05, 0.1) is 17.7 Å². The lowest BCUT2D eigenvalue weighted by molar-refractivity contribution is 0.439. The topological polar surface area (TPSA) is 74.1 Å². The van der Waals surface area contributed by atoms with Gasteiger partial charge in [0.25, 0.3) is 0 Å². The molecule has 0 N–H and O–H groups in total. The number of pyridine rings is 1. The maximum Gasteiger partial charge on any atom is 0.214 e. The minimum absolute atomic E-state index is 0.0126. The van der Waals surface area contributed by atoms with E-state index in [4.69, 9.17) is 5.26 Å². The number of hydrogen-bond donors (Lipinski definition) is 0. The highest BCUT2D eigenvalue weighted by Gasteiger charge is 2.19. The zero-order valence-corrected chi connectivity index (χ0v) is 11.4. The minimum Gasteiger partial charge on any atom is -0.261 e. The largest absolute Gasteiger partial charge is 0.261 e. The van der Waals surface area contributed by atoms with Gasteiger partial charge in [-0.1, -0.05) is 6.07 Å². The van der Waals surface area contributed by atoms with Crippen LogP contribution in [0.25, 0.3) is 0 Å². The lowest BCUT2D eigenvalue weighted by Crippen LogP contribution is -2.33. The third kappa shape index (κ3) is 4.43. The number of nitriles is 1. The van der Waals surface area contributed by atoms with Crippen molar-refractivity contribution < 1.29 is 8.42 Å². The minimum atomic E-state index is -3.32. The summed E-state index contributed by atoms with van der Waals surface area (Å²) in [5.74, 6) is -0.293. The Balaban J connectivity index is 2.57. The van der Waals surface area contributed by atoms with Gasteiger partial charge in [-0.15, -0.1) is 0 Å². The first-order valence-electron chi connectivity index (χ1n) is 5.69. The number of nitrogens with zero attached hydrogens (tertiary/aromatic N) is 3. The van der Waals surface area contributed by atoms with Crippen molar-refractivity contribution in [1.82, 2.24) is 9.29 Å². The summed E-state index contributed by atoms with van der Waals surface area (Å²) in [6, 6.07) is 7.44. The lowest BCUT2D eigenvalue weighted by Gasteiger charge is -2.17. The van der Waals surface area contributed by atoms with Crippen LogP contribution in [0.1, 0.15) is 12.6 Å². The van der Waals surface area contributed by atoms with Crippen molar-refractivity contribution in [3.63, 3.8) is 0 Å². The van der Waals surface area contributed by atoms with Gasteiger partial charge in [0.15, 0.2) is 0 Å². The first kappa shape index (κ1) is 14.6. The molecule has 0 aliphatic heterocycles. The summed E-state index contributed by atoms with van der Waals surface area (Å²) in [5, 5.41) is 8.68. The van der Waals surface area contributed by atoms with Gasteiger partial charge in [-0.05, 0) is 19.1 Å². The van der Waals surface area contributed by atoms with Crippen molar-refractivity contribution in [2.24, 2.45) is 5.92 Å². The summed E-state index contributed by atoms with van der Waals surface area (Å²) in [6.07, 6.45) is 2.03. The Morgan fingerprint density at radius 3 is 2.78 bits per heavy atom. The molecule has 1 heterocycles. The molecule has 0 bridgehead atoms. The van der Waals surface area contributed by atoms with Crippen molar-refractivity contribution in [2.75, 3.05) is 19.3 Å². The maximum atomic E-state index is 11.9. The highest BCUT2D eigenvalue weighted by Crippen LogP contribution is 2.06. The van der Waals surface area contributed by atoms with Gasteiger partial charge in [0, 0.05) is 31.9 Å². The number of rotatable bonds is 6. The molecule has 1 rings (SSSR count). The van der Waals surface area contributed by atoms with Crippen LogP contribution in [-0.4, -0.2) is 37.1 Å². The van der Waals surface area contributed by atoms with Crippen molar-refractivity contribution >= 4 is 10.0 Å². The second kappa shape index (κ2) is 6.47. The number of aryl methyl sites for hydroxylation is 1. The summed E-state index contributed by atoms with van der Waals surface area (Å²) < 4.78 is 25.1. The molecule has 0 fully saturated rings. The Morgan fingerprint density at radius 1 is 1.50 bits per heavy atom. The first-order chi connectivity index (χ1) is 8.45. The van der Waals surface area contributed by atoms with E-state index in [1.54, 1.807) is 25.3 Å². The molecule has 6 heteroatoms. The molecular formula is C12H17N3O2S. The van der Waals surface area contributed by atoms with Crippen molar-refractivity contribution in [3.05, 3.63) is 30.1 Å². The van der Waals surface area contributed by atoms with Crippen LogP contribution in [0.15, 0.2) is 24.4 Å². The van der Waals surface area contributed by atoms with Crippen LogP contribution < -0.4 is 0 Å². The zero-order chi connectivity index (χ0) is 13.6. The van der Waals surface area contributed by atoms with E-state index in [1.165, 1.54) is 11.4 Å². The average molecular weight is 267 g/mol. The predicted octanol–water partition coefficient (Wildman–Crippen LogP) is 1.05. The summed E-state index contributed by atoms with van der Waals surface area (Å²) in [7, 11) is -1.82. The molecule has 0 aliphatic rings. The van der Waals surface area contributed by atoms with Crippen molar-refractivity contribution in [2.45, 2.75) is 13.3 Å². The van der Waals surface area contributed by atoms with E-state index in [-0.39, 0.29) is 18.2 Å². The monoisotopic (exact) mass is 267 g/mol. The van der Waals surface area contributed by atoms with E-state index in [0.29, 0.717) is 6.42 Å². The van der Waals surface area contributed by atoms with E-state index in [0.717, 1.165) is 5.69 Å². The number of hydrogen-bond acceptors (Lipinski definition) is 4. The normalized spacial score (nSPS) is 13.2. The second-order valence-corrected chi connectivity index (χ2v) is 6.39. The molecular weight excluding hydrogens is 250 g/mol. The molecule has 5 nitrogen and oxygen atoms in total. The summed E-state index contributed by atoms with van der Waals surface area (Å²) in [5.41, 5.74) is 0.753. The van der Waals surface area contributed by atoms with Crippen LogP contribution in [0.3, 0.4) is 0 Å². The fourth-order valence-electron chi connectivity index (χ4n) is 1.48. The highest BCUT2D eigenvalue weighted by molar-refractivity contribution is 7.89. The van der Waals surface area contributed by atoms with Crippen LogP contribution in [-0.2, 0) is 16.4 Å². The molecule has 0 aromatic carbocycles. The predicted molar refractivity (Wildman–Crippen MR) is 69.1 cm³/mol. The summed E-state index contributed by atoms with van der Waals surface area (Å²) in [6.45, 7) is 1.92. The Labute approximate surface area is 108 Å². The molecule has 18 heavy (non-hydrogen) atoms. The van der Waals surface area contributed by atoms with Gasteiger partial charge in [0.1, 0.15) is 0 Å². The van der Waals surface area contributed by atoms with E-state index < -0.39 is 10.0 Å². The Hall–Kier alpha value is -1.45. The second-order valence-electron chi connectivity index (χ2n) is 4.20. The van der Waals surface area contributed by atoms with Crippen LogP contribution in [0.4, 0.5) is 0 Å². The molecule has 0 saturated heterocycles.